The van der Waals surface area contributed by atoms with Crippen LogP contribution >= 0.6 is 0 Å². The van der Waals surface area contributed by atoms with Gasteiger partial charge in [0.2, 0.25) is 17.7 Å². The normalized spacial score (nSPS) is 25.1. The predicted octanol–water partition coefficient (Wildman–Crippen LogP) is 3.52. The highest BCUT2D eigenvalue weighted by Crippen LogP contribution is 2.21. The molecule has 0 radical (unpaired) electrons. The van der Waals surface area contributed by atoms with E-state index in [4.69, 9.17) is 9.47 Å². The van der Waals surface area contributed by atoms with E-state index in [2.05, 4.69) is 29.0 Å². The minimum Gasteiger partial charge on any atom is -0.497 e. The van der Waals surface area contributed by atoms with Gasteiger partial charge in [-0.1, -0.05) is 57.0 Å². The highest BCUT2D eigenvalue weighted by Gasteiger charge is 2.33. The van der Waals surface area contributed by atoms with E-state index < -0.39 is 42.0 Å². The highest BCUT2D eigenvalue weighted by atomic mass is 16.5. The van der Waals surface area contributed by atoms with Crippen LogP contribution in [-0.4, -0.2) is 55.0 Å². The third kappa shape index (κ3) is 9.24. The van der Waals surface area contributed by atoms with Gasteiger partial charge in [-0.3, -0.25) is 14.4 Å². The van der Waals surface area contributed by atoms with Crippen LogP contribution in [0.5, 0.6) is 5.75 Å². The van der Waals surface area contributed by atoms with Crippen LogP contribution in [0, 0.1) is 5.92 Å². The molecule has 40 heavy (non-hydrogen) atoms. The van der Waals surface area contributed by atoms with Crippen molar-refractivity contribution in [3.8, 4) is 5.75 Å². The van der Waals surface area contributed by atoms with Crippen molar-refractivity contribution in [2.24, 2.45) is 5.92 Å². The Bertz CT molecular complexity index is 1100. The molecule has 9 nitrogen and oxygen atoms in total. The molecular weight excluding hydrogens is 510 g/mol. The maximum Gasteiger partial charge on any atom is 0.329 e. The lowest BCUT2D eigenvalue weighted by atomic mass is 9.94. The standard InChI is InChI=1S/C31H43N3O6/c1-5-6-10-20(2)27-19-28(35)33-25(17-22-11-8-7-9-12-22)30(37)32-21(3)29(36)34-26(31(38)40-27)18-23-13-15-24(39-4)16-14-23/h8,11-16,20-21,25-27H,5-7,9-10,17-19H2,1-4H3,(H,32,37)(H,33,35)(H,34,36)/t20-,21-,25-,26+,27-/m0/s1. The Morgan fingerprint density at radius 3 is 2.38 bits per heavy atom. The molecule has 1 heterocycles. The minimum absolute atomic E-state index is 0.0754. The van der Waals surface area contributed by atoms with Crippen LogP contribution < -0.4 is 20.7 Å². The van der Waals surface area contributed by atoms with Crippen molar-refractivity contribution in [3.05, 3.63) is 53.6 Å². The summed E-state index contributed by atoms with van der Waals surface area (Å²) in [6.45, 7) is 5.59. The quantitative estimate of drug-likeness (QED) is 0.402. The maximum atomic E-state index is 13.5. The van der Waals surface area contributed by atoms with Crippen LogP contribution in [0.15, 0.2) is 48.1 Å². The summed E-state index contributed by atoms with van der Waals surface area (Å²) in [5.74, 6) is -1.37. The number of cyclic esters (lactones) is 1. The number of rotatable bonds is 9. The van der Waals surface area contributed by atoms with Crippen molar-refractivity contribution >= 4 is 23.7 Å². The largest absolute Gasteiger partial charge is 0.497 e. The molecule has 1 aromatic rings. The van der Waals surface area contributed by atoms with Gasteiger partial charge in [-0.05, 0) is 55.4 Å². The summed E-state index contributed by atoms with van der Waals surface area (Å²) >= 11 is 0. The molecule has 1 aliphatic carbocycles. The molecule has 3 amide bonds. The molecule has 1 fully saturated rings. The third-order valence-electron chi connectivity index (χ3n) is 7.42. The van der Waals surface area contributed by atoms with Gasteiger partial charge in [0.05, 0.1) is 13.5 Å². The van der Waals surface area contributed by atoms with Crippen LogP contribution in [-0.2, 0) is 30.3 Å². The monoisotopic (exact) mass is 553 g/mol. The summed E-state index contributed by atoms with van der Waals surface area (Å²) in [5.41, 5.74) is 1.75. The summed E-state index contributed by atoms with van der Waals surface area (Å²) in [4.78, 5) is 53.2. The number of amides is 3. The van der Waals surface area contributed by atoms with Gasteiger partial charge in [0.15, 0.2) is 0 Å². The van der Waals surface area contributed by atoms with E-state index in [1.165, 1.54) is 0 Å². The van der Waals surface area contributed by atoms with Gasteiger partial charge in [-0.25, -0.2) is 4.79 Å². The molecule has 0 unspecified atom stereocenters. The molecule has 0 spiro atoms. The average Bonchev–Trinajstić information content (AvgIpc) is 2.95. The van der Waals surface area contributed by atoms with Gasteiger partial charge in [0, 0.05) is 12.8 Å². The van der Waals surface area contributed by atoms with Crippen LogP contribution in [0.25, 0.3) is 0 Å². The first-order chi connectivity index (χ1) is 19.2. The lowest BCUT2D eigenvalue weighted by Gasteiger charge is -2.27. The van der Waals surface area contributed by atoms with Crippen molar-refractivity contribution in [2.45, 2.75) is 96.4 Å². The molecule has 3 rings (SSSR count). The molecule has 5 atom stereocenters. The molecule has 0 aromatic heterocycles. The van der Waals surface area contributed by atoms with Gasteiger partial charge in [0.1, 0.15) is 30.0 Å². The summed E-state index contributed by atoms with van der Waals surface area (Å²) in [6, 6.07) is 4.39. The van der Waals surface area contributed by atoms with Crippen molar-refractivity contribution in [1.82, 2.24) is 16.0 Å². The smallest absolute Gasteiger partial charge is 0.329 e. The lowest BCUT2D eigenvalue weighted by Crippen LogP contribution is -2.54. The van der Waals surface area contributed by atoms with Crippen LogP contribution in [0.3, 0.4) is 0 Å². The Morgan fingerprint density at radius 2 is 1.73 bits per heavy atom. The van der Waals surface area contributed by atoms with Crippen LogP contribution in [0.4, 0.5) is 0 Å². The number of benzene rings is 1. The van der Waals surface area contributed by atoms with E-state index in [0.717, 1.165) is 43.2 Å². The second-order valence-corrected chi connectivity index (χ2v) is 10.7. The zero-order valence-corrected chi connectivity index (χ0v) is 24.0. The van der Waals surface area contributed by atoms with Crippen LogP contribution in [0.2, 0.25) is 0 Å². The molecule has 0 saturated carbocycles. The lowest BCUT2D eigenvalue weighted by molar-refractivity contribution is -0.157. The molecule has 0 bridgehead atoms. The molecular formula is C31H43N3O6. The highest BCUT2D eigenvalue weighted by molar-refractivity contribution is 5.94. The maximum absolute atomic E-state index is 13.5. The number of hydrogen-bond acceptors (Lipinski definition) is 6. The fourth-order valence-electron chi connectivity index (χ4n) is 4.87. The molecule has 3 N–H and O–H groups in total. The topological polar surface area (TPSA) is 123 Å². The third-order valence-corrected chi connectivity index (χ3v) is 7.42. The predicted molar refractivity (Wildman–Crippen MR) is 152 cm³/mol. The number of carbonyl (C=O) groups is 4. The van der Waals surface area contributed by atoms with Crippen LogP contribution in [0.1, 0.15) is 71.3 Å². The second-order valence-electron chi connectivity index (χ2n) is 10.7. The van der Waals surface area contributed by atoms with Gasteiger partial charge >= 0.3 is 5.97 Å². The number of esters is 1. The van der Waals surface area contributed by atoms with Crippen molar-refractivity contribution in [3.63, 3.8) is 0 Å². The van der Waals surface area contributed by atoms with Crippen molar-refractivity contribution in [2.75, 3.05) is 7.11 Å². The first kappa shape index (κ1) is 30.9. The molecule has 1 saturated heterocycles. The zero-order chi connectivity index (χ0) is 29.1. The van der Waals surface area contributed by atoms with E-state index in [-0.39, 0.29) is 24.7 Å². The van der Waals surface area contributed by atoms with E-state index in [1.807, 2.05) is 31.2 Å². The first-order valence-electron chi connectivity index (χ1n) is 14.3. The van der Waals surface area contributed by atoms with E-state index in [0.29, 0.717) is 12.2 Å². The summed E-state index contributed by atoms with van der Waals surface area (Å²) in [7, 11) is 1.57. The Labute approximate surface area is 237 Å². The average molecular weight is 554 g/mol. The Balaban J connectivity index is 1.89. The fraction of sp³-hybridized carbons (Fsp3) is 0.548. The minimum atomic E-state index is -1.00. The second kappa shape index (κ2) is 15.2. The Kier molecular flexibility index (Phi) is 11.8. The molecule has 1 aromatic carbocycles. The SMILES string of the molecule is CCCC[C@H](C)[C@@H]1CC(=O)N[C@@H](CC2=CCCC=C2)C(=O)N[C@@H](C)C(=O)N[C@H](Cc2ccc(OC)cc2)C(=O)O1. The Hall–Kier alpha value is -3.62. The molecule has 2 aliphatic rings. The molecule has 218 valence electrons. The van der Waals surface area contributed by atoms with Gasteiger partial charge in [0.25, 0.3) is 0 Å². The van der Waals surface area contributed by atoms with Crippen molar-refractivity contribution in [1.29, 1.82) is 0 Å². The van der Waals surface area contributed by atoms with E-state index in [9.17, 15) is 19.2 Å². The number of ether oxygens (including phenoxy) is 2. The van der Waals surface area contributed by atoms with Gasteiger partial charge < -0.3 is 25.4 Å². The fourth-order valence-corrected chi connectivity index (χ4v) is 4.87. The number of methoxy groups -OCH3 is 1. The number of unbranched alkanes of at least 4 members (excludes halogenated alkanes) is 1. The van der Waals surface area contributed by atoms with E-state index in [1.54, 1.807) is 26.2 Å². The van der Waals surface area contributed by atoms with Gasteiger partial charge in [-0.2, -0.15) is 0 Å². The number of nitrogens with one attached hydrogen (secondary N) is 3. The molecule has 9 heteroatoms. The van der Waals surface area contributed by atoms with Crippen molar-refractivity contribution < 1.29 is 28.7 Å². The summed E-state index contributed by atoms with van der Waals surface area (Å²) in [5, 5.41) is 8.34. The zero-order valence-electron chi connectivity index (χ0n) is 24.0. The van der Waals surface area contributed by atoms with Gasteiger partial charge in [-0.15, -0.1) is 0 Å². The molecule has 1 aliphatic heterocycles. The number of hydrogen-bond donors (Lipinski definition) is 3. The van der Waals surface area contributed by atoms with E-state index >= 15 is 0 Å². The number of carbonyl (C=O) groups excluding carboxylic acids is 4. The summed E-state index contributed by atoms with van der Waals surface area (Å²) in [6.07, 6.45) is 10.2. The Morgan fingerprint density at radius 1 is 0.975 bits per heavy atom. The number of allylic oxidation sites excluding steroid dienone is 3. The first-order valence-corrected chi connectivity index (χ1v) is 14.3. The summed E-state index contributed by atoms with van der Waals surface area (Å²) < 4.78 is 11.2.